The van der Waals surface area contributed by atoms with Gasteiger partial charge in [-0.2, -0.15) is 0 Å². The Kier molecular flexibility index (Phi) is 2.88. The summed E-state index contributed by atoms with van der Waals surface area (Å²) in [6.45, 7) is 0. The number of rotatable bonds is 2. The van der Waals surface area contributed by atoms with E-state index in [1.165, 1.54) is 0 Å². The monoisotopic (exact) mass is 251 g/mol. The lowest BCUT2D eigenvalue weighted by molar-refractivity contribution is 0.103. The molecule has 3 rings (SSSR count). The number of benzene rings is 1. The predicted octanol–water partition coefficient (Wildman–Crippen LogP) is 2.57. The lowest BCUT2D eigenvalue weighted by Crippen LogP contribution is -2.21. The number of fused-ring (bicyclic) bond motifs is 1. The van der Waals surface area contributed by atoms with Crippen molar-refractivity contribution < 1.29 is 4.79 Å². The first kappa shape index (κ1) is 11.7. The summed E-state index contributed by atoms with van der Waals surface area (Å²) in [7, 11) is 0. The van der Waals surface area contributed by atoms with Crippen molar-refractivity contribution in [2.75, 3.05) is 0 Å². The van der Waals surface area contributed by atoms with E-state index in [2.05, 4.69) is 11.1 Å². The van der Waals surface area contributed by atoms with Gasteiger partial charge in [0.2, 0.25) is 0 Å². The average molecular weight is 251 g/mol. The Morgan fingerprint density at radius 3 is 2.74 bits per heavy atom. The van der Waals surface area contributed by atoms with E-state index in [0.717, 1.165) is 24.1 Å². The summed E-state index contributed by atoms with van der Waals surface area (Å²) < 4.78 is 0. The zero-order chi connectivity index (χ0) is 13.2. The Balaban J connectivity index is 2.09. The van der Waals surface area contributed by atoms with E-state index in [-0.39, 0.29) is 16.9 Å². The van der Waals surface area contributed by atoms with Crippen LogP contribution >= 0.6 is 0 Å². The summed E-state index contributed by atoms with van der Waals surface area (Å²) in [5.41, 5.74) is 2.29. The van der Waals surface area contributed by atoms with Crippen LogP contribution in [0.25, 0.3) is 6.08 Å². The fourth-order valence-electron chi connectivity index (χ4n) is 2.29. The highest BCUT2D eigenvalue weighted by Gasteiger charge is 2.16. The number of carbonyl (C=O) groups is 1. The summed E-state index contributed by atoms with van der Waals surface area (Å²) in [4.78, 5) is 27.1. The van der Waals surface area contributed by atoms with Crippen molar-refractivity contribution in [2.45, 2.75) is 12.8 Å². The summed E-state index contributed by atoms with van der Waals surface area (Å²) in [5, 5.41) is 0. The molecule has 0 aliphatic heterocycles. The van der Waals surface area contributed by atoms with E-state index in [0.29, 0.717) is 5.56 Å². The first-order valence-electron chi connectivity index (χ1n) is 6.28. The van der Waals surface area contributed by atoms with Crippen LogP contribution in [0.4, 0.5) is 0 Å². The summed E-state index contributed by atoms with van der Waals surface area (Å²) in [5.74, 6) is -0.233. The number of nitrogens with one attached hydrogen (secondary N) is 1. The molecule has 0 atom stereocenters. The SMILES string of the molecule is O=C(c1ccccc1)c1cc2c([nH]c1=O)CCC=C2. The highest BCUT2D eigenvalue weighted by molar-refractivity contribution is 6.09. The van der Waals surface area contributed by atoms with Crippen LogP contribution in [0.3, 0.4) is 0 Å². The second kappa shape index (κ2) is 4.69. The highest BCUT2D eigenvalue weighted by Crippen LogP contribution is 2.17. The van der Waals surface area contributed by atoms with Crippen LogP contribution in [-0.2, 0) is 6.42 Å². The van der Waals surface area contributed by atoms with E-state index in [9.17, 15) is 9.59 Å². The summed E-state index contributed by atoms with van der Waals surface area (Å²) >= 11 is 0. The van der Waals surface area contributed by atoms with Crippen molar-refractivity contribution in [3.63, 3.8) is 0 Å². The number of hydrogen-bond donors (Lipinski definition) is 1. The molecule has 0 fully saturated rings. The lowest BCUT2D eigenvalue weighted by atomic mass is 9.98. The van der Waals surface area contributed by atoms with E-state index in [1.54, 1.807) is 30.3 Å². The van der Waals surface area contributed by atoms with E-state index < -0.39 is 0 Å². The smallest absolute Gasteiger partial charge is 0.259 e. The van der Waals surface area contributed by atoms with Gasteiger partial charge in [0.25, 0.3) is 5.56 Å². The number of aromatic amines is 1. The number of pyridine rings is 1. The maximum absolute atomic E-state index is 12.3. The molecule has 0 radical (unpaired) electrons. The molecular weight excluding hydrogens is 238 g/mol. The molecule has 1 heterocycles. The Morgan fingerprint density at radius 1 is 1.16 bits per heavy atom. The van der Waals surface area contributed by atoms with Crippen LogP contribution in [0.1, 0.15) is 33.6 Å². The van der Waals surface area contributed by atoms with Crippen LogP contribution in [-0.4, -0.2) is 10.8 Å². The molecule has 0 saturated carbocycles. The molecule has 0 unspecified atom stereocenters. The summed E-state index contributed by atoms with van der Waals surface area (Å²) in [6.07, 6.45) is 5.75. The number of hydrogen-bond acceptors (Lipinski definition) is 2. The second-order valence-electron chi connectivity index (χ2n) is 4.58. The molecule has 0 amide bonds. The van der Waals surface area contributed by atoms with Gasteiger partial charge in [-0.15, -0.1) is 0 Å². The van der Waals surface area contributed by atoms with Gasteiger partial charge in [-0.1, -0.05) is 42.5 Å². The van der Waals surface area contributed by atoms with Gasteiger partial charge < -0.3 is 4.98 Å². The third-order valence-electron chi connectivity index (χ3n) is 3.30. The maximum Gasteiger partial charge on any atom is 0.259 e. The van der Waals surface area contributed by atoms with Crippen molar-refractivity contribution in [3.05, 3.63) is 75.2 Å². The zero-order valence-corrected chi connectivity index (χ0v) is 10.3. The molecule has 1 aromatic carbocycles. The van der Waals surface area contributed by atoms with Gasteiger partial charge in [0.1, 0.15) is 0 Å². The second-order valence-corrected chi connectivity index (χ2v) is 4.58. The number of aryl methyl sites for hydroxylation is 1. The molecular formula is C16H13NO2. The van der Waals surface area contributed by atoms with E-state index >= 15 is 0 Å². The number of H-pyrrole nitrogens is 1. The van der Waals surface area contributed by atoms with Gasteiger partial charge in [-0.3, -0.25) is 9.59 Å². The minimum atomic E-state index is -0.303. The van der Waals surface area contributed by atoms with Crippen molar-refractivity contribution >= 4 is 11.9 Å². The third-order valence-corrected chi connectivity index (χ3v) is 3.30. The predicted molar refractivity (Wildman–Crippen MR) is 74.3 cm³/mol. The molecule has 19 heavy (non-hydrogen) atoms. The molecule has 0 spiro atoms. The Bertz CT molecular complexity index is 711. The largest absolute Gasteiger partial charge is 0.325 e. The normalized spacial score (nSPS) is 13.1. The molecule has 94 valence electrons. The zero-order valence-electron chi connectivity index (χ0n) is 10.3. The van der Waals surface area contributed by atoms with Gasteiger partial charge in [0.15, 0.2) is 5.78 Å². The Labute approximate surface area is 110 Å². The molecule has 0 bridgehead atoms. The molecule has 3 nitrogen and oxygen atoms in total. The average Bonchev–Trinajstić information content (AvgIpc) is 2.47. The van der Waals surface area contributed by atoms with Gasteiger partial charge in [0.05, 0.1) is 5.56 Å². The highest BCUT2D eigenvalue weighted by atomic mass is 16.1. The maximum atomic E-state index is 12.3. The molecule has 2 aromatic rings. The molecule has 1 aliphatic carbocycles. The minimum Gasteiger partial charge on any atom is -0.325 e. The fraction of sp³-hybridized carbons (Fsp3) is 0.125. The van der Waals surface area contributed by atoms with Crippen molar-refractivity contribution in [3.8, 4) is 0 Å². The van der Waals surface area contributed by atoms with Gasteiger partial charge >= 0.3 is 0 Å². The van der Waals surface area contributed by atoms with Crippen LogP contribution in [0.2, 0.25) is 0 Å². The standard InChI is InChI=1S/C16H13NO2/c18-15(11-6-2-1-3-7-11)13-10-12-8-4-5-9-14(12)17-16(13)19/h1-4,6-8,10H,5,9H2,(H,17,19). The van der Waals surface area contributed by atoms with E-state index in [4.69, 9.17) is 0 Å². The Hall–Kier alpha value is -2.42. The molecule has 0 saturated heterocycles. The third kappa shape index (κ3) is 2.15. The summed E-state index contributed by atoms with van der Waals surface area (Å²) in [6, 6.07) is 10.6. The first-order chi connectivity index (χ1) is 9.25. The molecule has 1 aromatic heterocycles. The number of aromatic nitrogens is 1. The van der Waals surface area contributed by atoms with Crippen molar-refractivity contribution in [2.24, 2.45) is 0 Å². The van der Waals surface area contributed by atoms with Gasteiger partial charge in [-0.05, 0) is 24.5 Å². The Morgan fingerprint density at radius 2 is 1.95 bits per heavy atom. The molecule has 3 heteroatoms. The number of allylic oxidation sites excluding steroid dienone is 1. The lowest BCUT2D eigenvalue weighted by Gasteiger charge is -2.11. The van der Waals surface area contributed by atoms with Gasteiger partial charge in [-0.25, -0.2) is 0 Å². The minimum absolute atomic E-state index is 0.205. The van der Waals surface area contributed by atoms with Crippen LogP contribution < -0.4 is 5.56 Å². The first-order valence-corrected chi connectivity index (χ1v) is 6.28. The van der Waals surface area contributed by atoms with Crippen molar-refractivity contribution in [1.29, 1.82) is 0 Å². The number of carbonyl (C=O) groups excluding carboxylic acids is 1. The number of ketones is 1. The van der Waals surface area contributed by atoms with Crippen LogP contribution in [0, 0.1) is 0 Å². The van der Waals surface area contributed by atoms with Crippen molar-refractivity contribution in [1.82, 2.24) is 4.98 Å². The quantitative estimate of drug-likeness (QED) is 0.834. The van der Waals surface area contributed by atoms with Crippen LogP contribution in [0.5, 0.6) is 0 Å². The fourth-order valence-corrected chi connectivity index (χ4v) is 2.29. The van der Waals surface area contributed by atoms with Gasteiger partial charge in [0, 0.05) is 11.3 Å². The molecule has 1 N–H and O–H groups in total. The molecule has 1 aliphatic rings. The topological polar surface area (TPSA) is 49.9 Å². The van der Waals surface area contributed by atoms with E-state index in [1.807, 2.05) is 12.1 Å². The van der Waals surface area contributed by atoms with Crippen LogP contribution in [0.15, 0.2) is 47.3 Å².